The van der Waals surface area contributed by atoms with Gasteiger partial charge in [0.2, 0.25) is 0 Å². The van der Waals surface area contributed by atoms with E-state index in [0.29, 0.717) is 17.3 Å². The fraction of sp³-hybridized carbons (Fsp3) is 0.500. The summed E-state index contributed by atoms with van der Waals surface area (Å²) in [7, 11) is 0. The lowest BCUT2D eigenvalue weighted by Gasteiger charge is -2.38. The van der Waals surface area contributed by atoms with Gasteiger partial charge in [-0.25, -0.2) is 0 Å². The van der Waals surface area contributed by atoms with E-state index in [4.69, 9.17) is 5.73 Å². The number of aliphatic hydroxyl groups excluding tert-OH is 1. The smallest absolute Gasteiger partial charge is 0.422 e. The number of halogens is 3. The fourth-order valence-electron chi connectivity index (χ4n) is 2.77. The van der Waals surface area contributed by atoms with E-state index in [1.165, 1.54) is 19.1 Å². The molecule has 3 unspecified atom stereocenters. The van der Waals surface area contributed by atoms with Crippen LogP contribution >= 0.6 is 11.8 Å². The molecule has 0 spiro atoms. The second-order valence-electron chi connectivity index (χ2n) is 5.60. The van der Waals surface area contributed by atoms with E-state index in [1.807, 2.05) is 0 Å². The first-order valence-electron chi connectivity index (χ1n) is 6.33. The number of alkyl halides is 3. The highest BCUT2D eigenvalue weighted by Gasteiger charge is 2.51. The molecule has 0 aromatic rings. The van der Waals surface area contributed by atoms with Crippen LogP contribution in [-0.4, -0.2) is 27.9 Å². The summed E-state index contributed by atoms with van der Waals surface area (Å²) in [5, 5.41) is 8.83. The van der Waals surface area contributed by atoms with Gasteiger partial charge >= 0.3 is 6.18 Å². The van der Waals surface area contributed by atoms with Crippen molar-refractivity contribution in [3.63, 3.8) is 0 Å². The van der Waals surface area contributed by atoms with Crippen LogP contribution in [0.5, 0.6) is 0 Å². The molecule has 0 aromatic carbocycles. The number of allylic oxidation sites excluding steroid dienone is 3. The Morgan fingerprint density at radius 3 is 2.43 bits per heavy atom. The van der Waals surface area contributed by atoms with Gasteiger partial charge in [0, 0.05) is 17.0 Å². The minimum Gasteiger partial charge on any atom is -0.508 e. The minimum absolute atomic E-state index is 0.0468. The van der Waals surface area contributed by atoms with Crippen LogP contribution in [-0.2, 0) is 4.79 Å². The zero-order valence-electron chi connectivity index (χ0n) is 11.8. The minimum atomic E-state index is -4.55. The Balaban J connectivity index is 2.42. The van der Waals surface area contributed by atoms with Gasteiger partial charge in [0.05, 0.1) is 10.2 Å². The van der Waals surface area contributed by atoms with Crippen molar-refractivity contribution < 1.29 is 23.1 Å². The Morgan fingerprint density at radius 1 is 1.38 bits per heavy atom. The Hall–Kier alpha value is -1.21. The monoisotopic (exact) mass is 319 g/mol. The molecular formula is C14H16F3NO2S. The highest BCUT2D eigenvalue weighted by Crippen LogP contribution is 2.50. The molecule has 0 amide bonds. The topological polar surface area (TPSA) is 63.3 Å². The normalized spacial score (nSPS) is 34.1. The molecule has 21 heavy (non-hydrogen) atoms. The summed E-state index contributed by atoms with van der Waals surface area (Å²) in [6.07, 6.45) is -1.61. The van der Waals surface area contributed by atoms with Gasteiger partial charge in [-0.15, -0.1) is 11.8 Å². The van der Waals surface area contributed by atoms with Crippen molar-refractivity contribution in [2.45, 2.75) is 37.7 Å². The largest absolute Gasteiger partial charge is 0.508 e. The number of hydrogen-bond donors (Lipinski definition) is 2. The van der Waals surface area contributed by atoms with E-state index in [2.05, 4.69) is 0 Å². The quantitative estimate of drug-likeness (QED) is 0.779. The molecule has 1 heterocycles. The predicted octanol–water partition coefficient (Wildman–Crippen LogP) is 3.24. The molecule has 3 nitrogen and oxygen atoms in total. The zero-order valence-corrected chi connectivity index (χ0v) is 12.6. The van der Waals surface area contributed by atoms with Gasteiger partial charge in [-0.2, -0.15) is 13.2 Å². The van der Waals surface area contributed by atoms with Crippen molar-refractivity contribution in [2.75, 3.05) is 0 Å². The number of carbonyl (C=O) groups excluding carboxylic acids is 1. The number of ketones is 1. The van der Waals surface area contributed by atoms with Crippen molar-refractivity contribution >= 4 is 17.5 Å². The molecule has 7 heteroatoms. The average Bonchev–Trinajstić information content (AvgIpc) is 2.62. The maximum atomic E-state index is 13.0. The summed E-state index contributed by atoms with van der Waals surface area (Å²) in [4.78, 5) is 11.4. The second-order valence-corrected chi connectivity index (χ2v) is 6.75. The molecule has 0 bridgehead atoms. The number of thioether (sulfide) groups is 1. The summed E-state index contributed by atoms with van der Waals surface area (Å²) in [6.45, 7) is 4.41. The van der Waals surface area contributed by atoms with Gasteiger partial charge in [0.25, 0.3) is 0 Å². The third-order valence-corrected chi connectivity index (χ3v) is 5.43. The van der Waals surface area contributed by atoms with Crippen molar-refractivity contribution in [1.29, 1.82) is 0 Å². The van der Waals surface area contributed by atoms with E-state index < -0.39 is 33.6 Å². The highest BCUT2D eigenvalue weighted by atomic mass is 32.2. The summed E-state index contributed by atoms with van der Waals surface area (Å²) in [5.74, 6) is -1.30. The molecule has 1 aliphatic heterocycles. The number of rotatable bonds is 1. The van der Waals surface area contributed by atoms with E-state index in [0.717, 1.165) is 0 Å². The Morgan fingerprint density at radius 2 is 1.95 bits per heavy atom. The maximum Gasteiger partial charge on any atom is 0.422 e. The molecule has 116 valence electrons. The van der Waals surface area contributed by atoms with Crippen molar-refractivity contribution in [1.82, 2.24) is 0 Å². The number of Topliss-reactive ketones (excluding diaryl/α,β-unsaturated/α-hetero) is 1. The zero-order chi connectivity index (χ0) is 16.2. The molecule has 3 atom stereocenters. The number of carbonyl (C=O) groups is 1. The van der Waals surface area contributed by atoms with Crippen molar-refractivity contribution in [3.05, 3.63) is 34.0 Å². The van der Waals surface area contributed by atoms with Crippen molar-refractivity contribution in [2.24, 2.45) is 11.7 Å². The van der Waals surface area contributed by atoms with Crippen LogP contribution in [0.1, 0.15) is 20.8 Å². The number of hydrogen-bond acceptors (Lipinski definition) is 4. The van der Waals surface area contributed by atoms with E-state index in [9.17, 15) is 23.1 Å². The van der Waals surface area contributed by atoms with E-state index in [-0.39, 0.29) is 11.3 Å². The van der Waals surface area contributed by atoms with Gasteiger partial charge in [0.1, 0.15) is 5.76 Å². The number of aliphatic hydroxyl groups is 1. The fourth-order valence-corrected chi connectivity index (χ4v) is 4.35. The van der Waals surface area contributed by atoms with Crippen LogP contribution < -0.4 is 5.73 Å². The molecule has 1 aliphatic carbocycles. The average molecular weight is 319 g/mol. The lowest BCUT2D eigenvalue weighted by molar-refractivity contribution is -0.116. The van der Waals surface area contributed by atoms with Crippen LogP contribution in [0.15, 0.2) is 34.0 Å². The van der Waals surface area contributed by atoms with Crippen LogP contribution in [0, 0.1) is 5.92 Å². The van der Waals surface area contributed by atoms with Crippen LogP contribution in [0.3, 0.4) is 0 Å². The van der Waals surface area contributed by atoms with Crippen LogP contribution in [0.25, 0.3) is 0 Å². The Kier molecular flexibility index (Phi) is 3.78. The first-order valence-corrected chi connectivity index (χ1v) is 7.21. The van der Waals surface area contributed by atoms with Gasteiger partial charge in [-0.1, -0.05) is 6.08 Å². The third kappa shape index (κ3) is 2.64. The second kappa shape index (κ2) is 4.91. The summed E-state index contributed by atoms with van der Waals surface area (Å²) in [5.41, 5.74) is 5.28. The van der Waals surface area contributed by atoms with Gasteiger partial charge < -0.3 is 10.8 Å². The van der Waals surface area contributed by atoms with E-state index >= 15 is 0 Å². The van der Waals surface area contributed by atoms with Gasteiger partial charge in [0.15, 0.2) is 5.78 Å². The summed E-state index contributed by atoms with van der Waals surface area (Å²) < 4.78 is 38.9. The third-order valence-electron chi connectivity index (χ3n) is 3.91. The van der Waals surface area contributed by atoms with Crippen molar-refractivity contribution in [3.8, 4) is 0 Å². The molecule has 0 saturated heterocycles. The van der Waals surface area contributed by atoms with E-state index in [1.54, 1.807) is 13.8 Å². The first-order chi connectivity index (χ1) is 9.47. The molecule has 0 radical (unpaired) electrons. The Bertz CT molecular complexity index is 588. The molecule has 2 aliphatic rings. The number of nitrogens with two attached hydrogens (primary N) is 1. The SMILES string of the molecule is CC1=C(C(F)(F)F)SC(C2C(C)=C(O)C=CC2(C)N)C1=O. The highest BCUT2D eigenvalue weighted by molar-refractivity contribution is 8.05. The molecular weight excluding hydrogens is 303 g/mol. The summed E-state index contributed by atoms with van der Waals surface area (Å²) in [6, 6.07) is 0. The Labute approximate surface area is 124 Å². The predicted molar refractivity (Wildman–Crippen MR) is 75.7 cm³/mol. The molecule has 2 rings (SSSR count). The summed E-state index contributed by atoms with van der Waals surface area (Å²) >= 11 is 0.494. The lowest BCUT2D eigenvalue weighted by Crippen LogP contribution is -2.50. The first kappa shape index (κ1) is 16.2. The molecule has 3 N–H and O–H groups in total. The molecule has 0 saturated carbocycles. The lowest BCUT2D eigenvalue weighted by atomic mass is 9.74. The van der Waals surface area contributed by atoms with Gasteiger partial charge in [-0.05, 0) is 32.4 Å². The van der Waals surface area contributed by atoms with Crippen LogP contribution in [0.4, 0.5) is 13.2 Å². The molecule has 0 aromatic heterocycles. The van der Waals surface area contributed by atoms with Gasteiger partial charge in [-0.3, -0.25) is 4.79 Å². The standard InChI is InChI=1S/C14H16F3NO2S/c1-6-8(19)4-5-13(3,18)9(6)11-10(20)7(2)12(21-11)14(15,16)17/h4-5,9,11,19H,18H2,1-3H3. The van der Waals surface area contributed by atoms with Crippen LogP contribution in [0.2, 0.25) is 0 Å². The molecule has 0 fully saturated rings. The maximum absolute atomic E-state index is 13.0.